The fourth-order valence-electron chi connectivity index (χ4n) is 2.90. The number of fused-ring (bicyclic) bond motifs is 1. The molecule has 0 aliphatic heterocycles. The summed E-state index contributed by atoms with van der Waals surface area (Å²) in [6, 6.07) is 11.4. The van der Waals surface area contributed by atoms with Gasteiger partial charge < -0.3 is 5.11 Å². The van der Waals surface area contributed by atoms with E-state index in [2.05, 4.69) is 4.98 Å². The van der Waals surface area contributed by atoms with Crippen LogP contribution in [0.25, 0.3) is 16.7 Å². The molecule has 0 unspecified atom stereocenters. The Morgan fingerprint density at radius 1 is 1.15 bits per heavy atom. The molecule has 0 bridgehead atoms. The van der Waals surface area contributed by atoms with Gasteiger partial charge in [0.2, 0.25) is 0 Å². The Morgan fingerprint density at radius 2 is 1.85 bits per heavy atom. The van der Waals surface area contributed by atoms with Crippen LogP contribution in [0.1, 0.15) is 28.7 Å². The van der Waals surface area contributed by atoms with Gasteiger partial charge in [0.05, 0.1) is 11.0 Å². The SMILES string of the molecule is CCc1nc2cc(C(=O)C(F)(F)F)ccc2n1-c1ccc(CCO)cc1. The highest BCUT2D eigenvalue weighted by Crippen LogP contribution is 2.27. The molecule has 1 heterocycles. The molecule has 26 heavy (non-hydrogen) atoms. The summed E-state index contributed by atoms with van der Waals surface area (Å²) in [5.41, 5.74) is 2.36. The predicted octanol–water partition coefficient (Wildman–Crippen LogP) is 3.87. The van der Waals surface area contributed by atoms with Crippen molar-refractivity contribution in [2.75, 3.05) is 6.61 Å². The average molecular weight is 362 g/mol. The Labute approximate surface area is 147 Å². The number of benzene rings is 2. The van der Waals surface area contributed by atoms with Crippen molar-refractivity contribution in [1.29, 1.82) is 0 Å². The van der Waals surface area contributed by atoms with Crippen LogP contribution in [0.5, 0.6) is 0 Å². The second kappa shape index (κ2) is 6.92. The van der Waals surface area contributed by atoms with E-state index in [0.29, 0.717) is 29.7 Å². The van der Waals surface area contributed by atoms with E-state index in [9.17, 15) is 18.0 Å². The maximum atomic E-state index is 12.7. The van der Waals surface area contributed by atoms with E-state index in [4.69, 9.17) is 5.11 Å². The minimum absolute atomic E-state index is 0.0591. The molecule has 0 spiro atoms. The molecule has 136 valence electrons. The number of rotatable bonds is 5. The molecule has 0 fully saturated rings. The molecule has 0 radical (unpaired) electrons. The van der Waals surface area contributed by atoms with Crippen LogP contribution < -0.4 is 0 Å². The molecule has 0 amide bonds. The average Bonchev–Trinajstić information content (AvgIpc) is 2.99. The molecule has 7 heteroatoms. The number of carbonyl (C=O) groups is 1. The van der Waals surface area contributed by atoms with Gasteiger partial charge in [0.15, 0.2) is 0 Å². The predicted molar refractivity (Wildman–Crippen MR) is 91.6 cm³/mol. The van der Waals surface area contributed by atoms with E-state index in [-0.39, 0.29) is 6.61 Å². The highest BCUT2D eigenvalue weighted by atomic mass is 19.4. The molecule has 0 atom stereocenters. The summed E-state index contributed by atoms with van der Waals surface area (Å²) in [6.45, 7) is 1.96. The summed E-state index contributed by atoms with van der Waals surface area (Å²) < 4.78 is 39.8. The maximum Gasteiger partial charge on any atom is 0.454 e. The van der Waals surface area contributed by atoms with Crippen LogP contribution in [0.4, 0.5) is 13.2 Å². The number of aliphatic hydroxyl groups is 1. The standard InChI is InChI=1S/C19H17F3N2O2/c1-2-17-23-15-11-13(18(26)19(20,21)22)5-8-16(15)24(17)14-6-3-12(4-7-14)9-10-25/h3-8,11,25H,2,9-10H2,1H3. The van der Waals surface area contributed by atoms with Gasteiger partial charge in [0, 0.05) is 24.3 Å². The number of carbonyl (C=O) groups excluding carboxylic acids is 1. The highest BCUT2D eigenvalue weighted by molar-refractivity contribution is 6.02. The first-order valence-corrected chi connectivity index (χ1v) is 8.18. The van der Waals surface area contributed by atoms with Gasteiger partial charge in [0.1, 0.15) is 5.82 Å². The van der Waals surface area contributed by atoms with Gasteiger partial charge >= 0.3 is 6.18 Å². The third-order valence-corrected chi connectivity index (χ3v) is 4.15. The van der Waals surface area contributed by atoms with Crippen LogP contribution in [-0.2, 0) is 12.8 Å². The molecule has 0 saturated carbocycles. The van der Waals surface area contributed by atoms with Gasteiger partial charge in [-0.15, -0.1) is 0 Å². The number of halogens is 3. The zero-order valence-corrected chi connectivity index (χ0v) is 14.0. The highest BCUT2D eigenvalue weighted by Gasteiger charge is 2.39. The summed E-state index contributed by atoms with van der Waals surface area (Å²) in [5, 5.41) is 9.00. The maximum absolute atomic E-state index is 12.7. The molecule has 0 aliphatic rings. The normalized spacial score (nSPS) is 11.9. The lowest BCUT2D eigenvalue weighted by molar-refractivity contribution is -0.0885. The van der Waals surface area contributed by atoms with Crippen molar-refractivity contribution >= 4 is 16.8 Å². The minimum atomic E-state index is -4.91. The number of nitrogens with zero attached hydrogens (tertiary/aromatic N) is 2. The molecular formula is C19H17F3N2O2. The van der Waals surface area contributed by atoms with Gasteiger partial charge in [-0.2, -0.15) is 13.2 Å². The van der Waals surface area contributed by atoms with E-state index in [1.165, 1.54) is 18.2 Å². The first-order chi connectivity index (χ1) is 12.3. The Bertz CT molecular complexity index is 944. The van der Waals surface area contributed by atoms with Gasteiger partial charge in [0.25, 0.3) is 5.78 Å². The number of alkyl halides is 3. The molecule has 0 aliphatic carbocycles. The molecule has 0 saturated heterocycles. The van der Waals surface area contributed by atoms with Gasteiger partial charge in [-0.1, -0.05) is 19.1 Å². The largest absolute Gasteiger partial charge is 0.454 e. The number of hydrogen-bond donors (Lipinski definition) is 1. The van der Waals surface area contributed by atoms with Gasteiger partial charge in [-0.25, -0.2) is 4.98 Å². The zero-order valence-electron chi connectivity index (χ0n) is 14.0. The summed E-state index contributed by atoms with van der Waals surface area (Å²) in [7, 11) is 0. The Balaban J connectivity index is 2.09. The van der Waals surface area contributed by atoms with E-state index in [1.807, 2.05) is 35.8 Å². The Morgan fingerprint density at radius 3 is 2.42 bits per heavy atom. The quantitative estimate of drug-likeness (QED) is 0.701. The minimum Gasteiger partial charge on any atom is -0.396 e. The first kappa shape index (κ1) is 18.1. The summed E-state index contributed by atoms with van der Waals surface area (Å²) in [4.78, 5) is 15.9. The number of aliphatic hydroxyl groups excluding tert-OH is 1. The topological polar surface area (TPSA) is 55.1 Å². The van der Waals surface area contributed by atoms with Crippen LogP contribution in [0, 0.1) is 0 Å². The summed E-state index contributed by atoms with van der Waals surface area (Å²) in [5.74, 6) is -1.19. The van der Waals surface area contributed by atoms with Crippen LogP contribution in [-0.4, -0.2) is 33.2 Å². The monoisotopic (exact) mass is 362 g/mol. The number of aromatic nitrogens is 2. The molecule has 1 N–H and O–H groups in total. The van der Waals surface area contributed by atoms with Gasteiger partial charge in [-0.05, 0) is 42.3 Å². The number of aryl methyl sites for hydroxylation is 1. The number of hydrogen-bond acceptors (Lipinski definition) is 3. The number of Topliss-reactive ketones (excluding diaryl/α,β-unsaturated/α-hetero) is 1. The van der Waals surface area contributed by atoms with E-state index < -0.39 is 17.5 Å². The van der Waals surface area contributed by atoms with Gasteiger partial charge in [-0.3, -0.25) is 9.36 Å². The van der Waals surface area contributed by atoms with Crippen LogP contribution >= 0.6 is 0 Å². The zero-order chi connectivity index (χ0) is 18.9. The lowest BCUT2D eigenvalue weighted by Crippen LogP contribution is -2.22. The number of imidazole rings is 1. The van der Waals surface area contributed by atoms with Crippen molar-refractivity contribution in [3.8, 4) is 5.69 Å². The smallest absolute Gasteiger partial charge is 0.396 e. The van der Waals surface area contributed by atoms with Crippen molar-refractivity contribution in [2.24, 2.45) is 0 Å². The Kier molecular flexibility index (Phi) is 4.82. The van der Waals surface area contributed by atoms with E-state index in [1.54, 1.807) is 0 Å². The molecule has 4 nitrogen and oxygen atoms in total. The lowest BCUT2D eigenvalue weighted by atomic mass is 10.1. The number of ketones is 1. The second-order valence-corrected chi connectivity index (χ2v) is 5.89. The molecule has 3 rings (SSSR count). The van der Waals surface area contributed by atoms with Crippen molar-refractivity contribution < 1.29 is 23.1 Å². The first-order valence-electron chi connectivity index (χ1n) is 8.18. The van der Waals surface area contributed by atoms with Crippen LogP contribution in [0.2, 0.25) is 0 Å². The van der Waals surface area contributed by atoms with Crippen molar-refractivity contribution in [3.05, 3.63) is 59.4 Å². The van der Waals surface area contributed by atoms with Crippen molar-refractivity contribution in [2.45, 2.75) is 25.9 Å². The van der Waals surface area contributed by atoms with Crippen LogP contribution in [0.15, 0.2) is 42.5 Å². The summed E-state index contributed by atoms with van der Waals surface area (Å²) in [6.07, 6.45) is -3.78. The summed E-state index contributed by atoms with van der Waals surface area (Å²) >= 11 is 0. The molecule has 2 aromatic carbocycles. The fourth-order valence-corrected chi connectivity index (χ4v) is 2.90. The van der Waals surface area contributed by atoms with E-state index in [0.717, 1.165) is 11.3 Å². The molecule has 3 aromatic rings. The van der Waals surface area contributed by atoms with E-state index >= 15 is 0 Å². The second-order valence-electron chi connectivity index (χ2n) is 5.89. The lowest BCUT2D eigenvalue weighted by Gasteiger charge is -2.10. The molecular weight excluding hydrogens is 345 g/mol. The van der Waals surface area contributed by atoms with Crippen LogP contribution in [0.3, 0.4) is 0 Å². The van der Waals surface area contributed by atoms with Crippen molar-refractivity contribution in [3.63, 3.8) is 0 Å². The Hall–Kier alpha value is -2.67. The fraction of sp³-hybridized carbons (Fsp3) is 0.263. The third-order valence-electron chi connectivity index (χ3n) is 4.15. The third kappa shape index (κ3) is 3.35. The van der Waals surface area contributed by atoms with Crippen molar-refractivity contribution in [1.82, 2.24) is 9.55 Å². The molecule has 1 aromatic heterocycles.